The van der Waals surface area contributed by atoms with Crippen molar-refractivity contribution in [1.29, 1.82) is 0 Å². The van der Waals surface area contributed by atoms with Crippen LogP contribution in [-0.4, -0.2) is 51.7 Å². The molecule has 0 N–H and O–H groups in total. The predicted octanol–water partition coefficient (Wildman–Crippen LogP) is 2.80. The lowest BCUT2D eigenvalue weighted by Crippen LogP contribution is -2.40. The Morgan fingerprint density at radius 1 is 1.38 bits per heavy atom. The van der Waals surface area contributed by atoms with Crippen LogP contribution in [0.25, 0.3) is 0 Å². The zero-order valence-electron chi connectivity index (χ0n) is 14.5. The number of amides is 1. The molecule has 6 nitrogen and oxygen atoms in total. The van der Waals surface area contributed by atoms with E-state index in [1.54, 1.807) is 12.3 Å². The number of piperidine rings is 1. The lowest BCUT2D eigenvalue weighted by atomic mass is 10.1. The molecular weight excluding hydrogens is 304 g/mol. The smallest absolute Gasteiger partial charge is 0.289 e. The van der Waals surface area contributed by atoms with Crippen molar-refractivity contribution in [3.63, 3.8) is 0 Å². The van der Waals surface area contributed by atoms with Gasteiger partial charge in [0.05, 0.1) is 12.6 Å². The van der Waals surface area contributed by atoms with E-state index in [1.807, 2.05) is 27.9 Å². The van der Waals surface area contributed by atoms with Crippen LogP contribution in [0.4, 0.5) is 0 Å². The molecule has 0 saturated carbocycles. The van der Waals surface area contributed by atoms with E-state index >= 15 is 0 Å². The van der Waals surface area contributed by atoms with E-state index < -0.39 is 0 Å². The second kappa shape index (κ2) is 7.66. The highest BCUT2D eigenvalue weighted by atomic mass is 16.4. The van der Waals surface area contributed by atoms with Crippen LogP contribution in [0.1, 0.15) is 49.0 Å². The van der Waals surface area contributed by atoms with E-state index in [2.05, 4.69) is 23.8 Å². The molecule has 2 aromatic heterocycles. The van der Waals surface area contributed by atoms with Gasteiger partial charge < -0.3 is 9.32 Å². The van der Waals surface area contributed by atoms with Crippen molar-refractivity contribution in [2.24, 2.45) is 0 Å². The molecule has 1 aliphatic rings. The molecule has 3 heterocycles. The molecule has 1 fully saturated rings. The Kier molecular flexibility index (Phi) is 5.35. The number of aromatic nitrogens is 2. The van der Waals surface area contributed by atoms with Gasteiger partial charge in [0.25, 0.3) is 5.91 Å². The minimum Gasteiger partial charge on any atom is -0.455 e. The van der Waals surface area contributed by atoms with Gasteiger partial charge in [0.15, 0.2) is 5.76 Å². The average molecular weight is 330 g/mol. The predicted molar refractivity (Wildman–Crippen MR) is 91.7 cm³/mol. The van der Waals surface area contributed by atoms with E-state index in [1.165, 1.54) is 0 Å². The van der Waals surface area contributed by atoms with Crippen molar-refractivity contribution >= 4 is 5.91 Å². The van der Waals surface area contributed by atoms with Gasteiger partial charge in [0, 0.05) is 25.5 Å². The molecule has 1 unspecified atom stereocenters. The van der Waals surface area contributed by atoms with Gasteiger partial charge >= 0.3 is 0 Å². The summed E-state index contributed by atoms with van der Waals surface area (Å²) in [6, 6.07) is 5.90. The summed E-state index contributed by atoms with van der Waals surface area (Å²) < 4.78 is 7.76. The average Bonchev–Trinajstić information content (AvgIpc) is 3.31. The largest absolute Gasteiger partial charge is 0.455 e. The highest BCUT2D eigenvalue weighted by Crippen LogP contribution is 2.23. The Hall–Kier alpha value is -2.08. The molecule has 0 aromatic carbocycles. The SMILES string of the molecule is CCN(CC)Cc1ccc(C(=O)N2CCCC(n3cccn3)C2)o1. The molecule has 130 valence electrons. The maximum atomic E-state index is 12.7. The molecule has 0 radical (unpaired) electrons. The number of likely N-dealkylation sites (tertiary alicyclic amines) is 1. The first-order valence-corrected chi connectivity index (χ1v) is 8.80. The third-order valence-corrected chi connectivity index (χ3v) is 4.73. The Morgan fingerprint density at radius 3 is 2.92 bits per heavy atom. The van der Waals surface area contributed by atoms with Crippen molar-refractivity contribution in [2.45, 2.75) is 39.3 Å². The highest BCUT2D eigenvalue weighted by molar-refractivity contribution is 5.91. The second-order valence-electron chi connectivity index (χ2n) is 6.26. The minimum atomic E-state index is -0.0161. The first kappa shape index (κ1) is 16.8. The maximum Gasteiger partial charge on any atom is 0.289 e. The molecule has 6 heteroatoms. The van der Waals surface area contributed by atoms with Gasteiger partial charge in [-0.3, -0.25) is 14.4 Å². The number of hydrogen-bond acceptors (Lipinski definition) is 4. The Balaban J connectivity index is 1.64. The van der Waals surface area contributed by atoms with Crippen LogP contribution in [-0.2, 0) is 6.54 Å². The zero-order valence-corrected chi connectivity index (χ0v) is 14.5. The molecular formula is C18H26N4O2. The summed E-state index contributed by atoms with van der Waals surface area (Å²) in [5.74, 6) is 1.28. The van der Waals surface area contributed by atoms with Crippen molar-refractivity contribution in [3.05, 3.63) is 42.1 Å². The monoisotopic (exact) mass is 330 g/mol. The molecule has 0 aliphatic carbocycles. The number of carbonyl (C=O) groups is 1. The Morgan fingerprint density at radius 2 is 2.21 bits per heavy atom. The van der Waals surface area contributed by atoms with Crippen LogP contribution in [0.5, 0.6) is 0 Å². The van der Waals surface area contributed by atoms with Crippen LogP contribution in [0, 0.1) is 0 Å². The summed E-state index contributed by atoms with van der Waals surface area (Å²) in [4.78, 5) is 16.9. The van der Waals surface area contributed by atoms with Crippen molar-refractivity contribution in [2.75, 3.05) is 26.2 Å². The van der Waals surface area contributed by atoms with E-state index in [9.17, 15) is 4.79 Å². The zero-order chi connectivity index (χ0) is 16.9. The fraction of sp³-hybridized carbons (Fsp3) is 0.556. The molecule has 1 saturated heterocycles. The summed E-state index contributed by atoms with van der Waals surface area (Å²) in [6.45, 7) is 8.41. The summed E-state index contributed by atoms with van der Waals surface area (Å²) in [5, 5.41) is 4.31. The topological polar surface area (TPSA) is 54.5 Å². The van der Waals surface area contributed by atoms with E-state index in [4.69, 9.17) is 4.42 Å². The van der Waals surface area contributed by atoms with Gasteiger partial charge in [-0.05, 0) is 44.1 Å². The van der Waals surface area contributed by atoms with Gasteiger partial charge in [0.1, 0.15) is 5.76 Å². The quantitative estimate of drug-likeness (QED) is 0.817. The number of hydrogen-bond donors (Lipinski definition) is 0. The van der Waals surface area contributed by atoms with E-state index in [0.29, 0.717) is 12.3 Å². The third kappa shape index (κ3) is 3.70. The van der Waals surface area contributed by atoms with Crippen LogP contribution in [0.15, 0.2) is 35.0 Å². The molecule has 0 bridgehead atoms. The van der Waals surface area contributed by atoms with Gasteiger partial charge in [0.2, 0.25) is 0 Å². The van der Waals surface area contributed by atoms with Gasteiger partial charge in [-0.1, -0.05) is 13.8 Å². The van der Waals surface area contributed by atoms with Crippen LogP contribution >= 0.6 is 0 Å². The van der Waals surface area contributed by atoms with Gasteiger partial charge in [-0.25, -0.2) is 0 Å². The standard InChI is InChI=1S/C18H26N4O2/c1-3-20(4-2)14-16-8-9-17(24-16)18(23)21-11-5-7-15(13-21)22-12-6-10-19-22/h6,8-10,12,15H,3-5,7,11,13-14H2,1-2H3. The fourth-order valence-corrected chi connectivity index (χ4v) is 3.25. The molecule has 0 spiro atoms. The van der Waals surface area contributed by atoms with Crippen molar-refractivity contribution in [3.8, 4) is 0 Å². The fourth-order valence-electron chi connectivity index (χ4n) is 3.25. The second-order valence-corrected chi connectivity index (χ2v) is 6.26. The Labute approximate surface area is 143 Å². The molecule has 1 amide bonds. The lowest BCUT2D eigenvalue weighted by molar-refractivity contribution is 0.0637. The number of carbonyl (C=O) groups excluding carboxylic acids is 1. The van der Waals surface area contributed by atoms with Gasteiger partial charge in [-0.15, -0.1) is 0 Å². The minimum absolute atomic E-state index is 0.0161. The van der Waals surface area contributed by atoms with Crippen LogP contribution in [0.3, 0.4) is 0 Å². The van der Waals surface area contributed by atoms with E-state index in [0.717, 1.165) is 44.8 Å². The molecule has 24 heavy (non-hydrogen) atoms. The number of rotatable bonds is 6. The molecule has 1 atom stereocenters. The third-order valence-electron chi connectivity index (χ3n) is 4.73. The van der Waals surface area contributed by atoms with Gasteiger partial charge in [-0.2, -0.15) is 5.10 Å². The molecule has 1 aliphatic heterocycles. The molecule has 2 aromatic rings. The Bertz CT molecular complexity index is 646. The summed E-state index contributed by atoms with van der Waals surface area (Å²) in [7, 11) is 0. The summed E-state index contributed by atoms with van der Waals surface area (Å²) in [5.41, 5.74) is 0. The first-order valence-electron chi connectivity index (χ1n) is 8.80. The van der Waals surface area contributed by atoms with E-state index in [-0.39, 0.29) is 11.9 Å². The maximum absolute atomic E-state index is 12.7. The first-order chi connectivity index (χ1) is 11.7. The number of furan rings is 1. The van der Waals surface area contributed by atoms with Crippen molar-refractivity contribution in [1.82, 2.24) is 19.6 Å². The van der Waals surface area contributed by atoms with Crippen LogP contribution in [0.2, 0.25) is 0 Å². The van der Waals surface area contributed by atoms with Crippen LogP contribution < -0.4 is 0 Å². The highest BCUT2D eigenvalue weighted by Gasteiger charge is 2.27. The lowest BCUT2D eigenvalue weighted by Gasteiger charge is -2.32. The summed E-state index contributed by atoms with van der Waals surface area (Å²) >= 11 is 0. The number of nitrogens with zero attached hydrogens (tertiary/aromatic N) is 4. The van der Waals surface area contributed by atoms with Crippen molar-refractivity contribution < 1.29 is 9.21 Å². The summed E-state index contributed by atoms with van der Waals surface area (Å²) in [6.07, 6.45) is 5.79. The normalized spacial score (nSPS) is 18.3. The molecule has 3 rings (SSSR count).